The Kier molecular flexibility index (Phi) is 7.40. The molecule has 0 spiro atoms. The number of amides is 1. The Hall–Kier alpha value is -1.99. The molecule has 29 heavy (non-hydrogen) atoms. The molecule has 0 aromatic heterocycles. The highest BCUT2D eigenvalue weighted by molar-refractivity contribution is 6.30. The van der Waals surface area contributed by atoms with E-state index in [1.54, 1.807) is 26.8 Å². The summed E-state index contributed by atoms with van der Waals surface area (Å²) in [5, 5.41) is 10.8. The molecule has 1 N–H and O–H groups in total. The molecule has 2 rings (SSSR count). The minimum absolute atomic E-state index is 0.00100. The average molecular weight is 428 g/mol. The van der Waals surface area contributed by atoms with Gasteiger partial charge in [-0.05, 0) is 57.4 Å². The van der Waals surface area contributed by atoms with Crippen molar-refractivity contribution in [3.05, 3.63) is 34.6 Å². The van der Waals surface area contributed by atoms with Gasteiger partial charge in [0, 0.05) is 37.4 Å². The van der Waals surface area contributed by atoms with Gasteiger partial charge in [0.1, 0.15) is 11.4 Å². The van der Waals surface area contributed by atoms with Crippen molar-refractivity contribution in [2.75, 3.05) is 13.1 Å². The Morgan fingerprint density at radius 1 is 1.28 bits per heavy atom. The summed E-state index contributed by atoms with van der Waals surface area (Å²) in [5.74, 6) is -2.11. The van der Waals surface area contributed by atoms with E-state index >= 15 is 0 Å². The monoisotopic (exact) mass is 427 g/mol. The molecule has 1 aromatic rings. The fourth-order valence-corrected chi connectivity index (χ4v) is 3.51. The second-order valence-electron chi connectivity index (χ2n) is 8.29. The Labute approximate surface area is 175 Å². The van der Waals surface area contributed by atoms with E-state index in [-0.39, 0.29) is 49.8 Å². The summed E-state index contributed by atoms with van der Waals surface area (Å²) < 4.78 is 18.6. The third-order valence-corrected chi connectivity index (χ3v) is 4.86. The van der Waals surface area contributed by atoms with Crippen LogP contribution in [0.3, 0.4) is 0 Å². The number of likely N-dealkylation sites (tertiary alicyclic amines) is 1. The van der Waals surface area contributed by atoms with Crippen LogP contribution in [0.1, 0.15) is 52.0 Å². The summed E-state index contributed by atoms with van der Waals surface area (Å²) in [4.78, 5) is 38.2. The van der Waals surface area contributed by atoms with Crippen LogP contribution in [0.15, 0.2) is 18.2 Å². The van der Waals surface area contributed by atoms with Crippen LogP contribution in [0.25, 0.3) is 0 Å². The van der Waals surface area contributed by atoms with E-state index in [0.29, 0.717) is 12.0 Å². The van der Waals surface area contributed by atoms with Crippen molar-refractivity contribution in [2.45, 2.75) is 64.1 Å². The van der Waals surface area contributed by atoms with E-state index in [1.807, 2.05) is 0 Å². The van der Waals surface area contributed by atoms with Gasteiger partial charge < -0.3 is 14.7 Å². The van der Waals surface area contributed by atoms with Gasteiger partial charge in [-0.3, -0.25) is 14.4 Å². The van der Waals surface area contributed by atoms with Crippen molar-refractivity contribution in [3.63, 3.8) is 0 Å². The summed E-state index contributed by atoms with van der Waals surface area (Å²) in [6.45, 7) is 5.82. The van der Waals surface area contributed by atoms with E-state index in [9.17, 15) is 23.9 Å². The van der Waals surface area contributed by atoms with Crippen LogP contribution in [0, 0.1) is 5.82 Å². The third-order valence-electron chi connectivity index (χ3n) is 4.64. The van der Waals surface area contributed by atoms with Gasteiger partial charge in [0.2, 0.25) is 5.60 Å². The molecule has 1 atom stereocenters. The van der Waals surface area contributed by atoms with Gasteiger partial charge in [-0.15, -0.1) is 0 Å². The maximum atomic E-state index is 13.4. The predicted octanol–water partition coefficient (Wildman–Crippen LogP) is 3.07. The molecule has 1 unspecified atom stereocenters. The van der Waals surface area contributed by atoms with Gasteiger partial charge in [0.05, 0.1) is 0 Å². The molecule has 8 heteroatoms. The number of nitrogens with zero attached hydrogens (tertiary/aromatic N) is 1. The molecule has 1 amide bonds. The molecule has 1 heterocycles. The molecule has 1 fully saturated rings. The van der Waals surface area contributed by atoms with Gasteiger partial charge in [0.25, 0.3) is 5.91 Å². The van der Waals surface area contributed by atoms with Gasteiger partial charge in [0.15, 0.2) is 5.78 Å². The van der Waals surface area contributed by atoms with Crippen molar-refractivity contribution in [3.8, 4) is 0 Å². The number of carbonyl (C=O) groups excluding carboxylic acids is 3. The van der Waals surface area contributed by atoms with Crippen molar-refractivity contribution >= 4 is 29.3 Å². The summed E-state index contributed by atoms with van der Waals surface area (Å²) in [5.41, 5.74) is -2.12. The Bertz CT molecular complexity index is 772. The van der Waals surface area contributed by atoms with Crippen LogP contribution in [0.4, 0.5) is 4.39 Å². The molecular weight excluding hydrogens is 401 g/mol. The van der Waals surface area contributed by atoms with Gasteiger partial charge in [-0.25, -0.2) is 4.39 Å². The molecule has 0 saturated carbocycles. The first-order chi connectivity index (χ1) is 13.4. The van der Waals surface area contributed by atoms with Crippen LogP contribution < -0.4 is 0 Å². The van der Waals surface area contributed by atoms with Crippen LogP contribution in [-0.2, 0) is 25.5 Å². The van der Waals surface area contributed by atoms with Crippen molar-refractivity contribution in [1.82, 2.24) is 4.90 Å². The molecule has 1 aliphatic heterocycles. The summed E-state index contributed by atoms with van der Waals surface area (Å²) in [6, 6.07) is 3.97. The van der Waals surface area contributed by atoms with Crippen LogP contribution >= 0.6 is 11.6 Å². The first-order valence-corrected chi connectivity index (χ1v) is 10.0. The second kappa shape index (κ2) is 9.22. The van der Waals surface area contributed by atoms with Crippen LogP contribution in [0.2, 0.25) is 5.02 Å². The zero-order chi connectivity index (χ0) is 21.8. The number of halogens is 2. The number of aliphatic hydroxyl groups is 1. The molecule has 6 nitrogen and oxygen atoms in total. The fourth-order valence-electron chi connectivity index (χ4n) is 3.27. The average Bonchev–Trinajstić information content (AvgIpc) is 2.87. The summed E-state index contributed by atoms with van der Waals surface area (Å²) in [6.07, 6.45) is 0.597. The highest BCUT2D eigenvalue weighted by Gasteiger charge is 2.50. The van der Waals surface area contributed by atoms with E-state index in [4.69, 9.17) is 16.3 Å². The lowest BCUT2D eigenvalue weighted by Gasteiger charge is -2.22. The van der Waals surface area contributed by atoms with E-state index < -0.39 is 28.7 Å². The Balaban J connectivity index is 1.86. The number of esters is 1. The van der Waals surface area contributed by atoms with E-state index in [1.165, 1.54) is 11.0 Å². The van der Waals surface area contributed by atoms with Crippen molar-refractivity contribution in [1.29, 1.82) is 0 Å². The molecular formula is C21H27ClFNO5. The molecule has 160 valence electrons. The minimum atomic E-state index is -2.07. The second-order valence-corrected chi connectivity index (χ2v) is 8.73. The molecule has 1 aliphatic rings. The number of benzene rings is 1. The van der Waals surface area contributed by atoms with E-state index in [0.717, 1.165) is 6.07 Å². The first-order valence-electron chi connectivity index (χ1n) is 9.62. The number of ether oxygens (including phenoxy) is 1. The lowest BCUT2D eigenvalue weighted by molar-refractivity contribution is -0.156. The molecule has 1 aromatic carbocycles. The summed E-state index contributed by atoms with van der Waals surface area (Å²) in [7, 11) is 0. The van der Waals surface area contributed by atoms with Crippen molar-refractivity contribution in [2.24, 2.45) is 0 Å². The molecule has 0 radical (unpaired) electrons. The normalized spacial score (nSPS) is 19.5. The number of hydrogen-bond acceptors (Lipinski definition) is 5. The maximum Gasteiger partial charge on any atom is 0.306 e. The van der Waals surface area contributed by atoms with Gasteiger partial charge in [-0.1, -0.05) is 11.6 Å². The highest BCUT2D eigenvalue weighted by Crippen LogP contribution is 2.27. The first kappa shape index (κ1) is 23.3. The van der Waals surface area contributed by atoms with Crippen molar-refractivity contribution < 1.29 is 28.6 Å². The number of aryl methyl sites for hydroxylation is 1. The smallest absolute Gasteiger partial charge is 0.306 e. The molecule has 0 aliphatic carbocycles. The quantitative estimate of drug-likeness (QED) is 0.509. The summed E-state index contributed by atoms with van der Waals surface area (Å²) >= 11 is 5.80. The molecule has 1 saturated heterocycles. The largest absolute Gasteiger partial charge is 0.460 e. The maximum absolute atomic E-state index is 13.4. The number of hydrogen-bond donors (Lipinski definition) is 1. The third kappa shape index (κ3) is 6.51. The fraction of sp³-hybridized carbons (Fsp3) is 0.571. The standard InChI is InChI=1S/C21H27ClFNO5/c1-20(2,3)29-18(26)5-4-9-24-10-8-21(28,19(24)27)17(25)7-6-14-11-15(22)13-16(23)12-14/h11-13,28H,4-10H2,1-3H3. The predicted molar refractivity (Wildman–Crippen MR) is 106 cm³/mol. The Morgan fingerprint density at radius 2 is 1.97 bits per heavy atom. The molecule has 0 bridgehead atoms. The minimum Gasteiger partial charge on any atom is -0.460 e. The van der Waals surface area contributed by atoms with Crippen LogP contribution in [0.5, 0.6) is 0 Å². The van der Waals surface area contributed by atoms with Gasteiger partial charge >= 0.3 is 5.97 Å². The van der Waals surface area contributed by atoms with E-state index in [2.05, 4.69) is 0 Å². The zero-order valence-electron chi connectivity index (χ0n) is 17.0. The topological polar surface area (TPSA) is 83.9 Å². The van der Waals surface area contributed by atoms with Gasteiger partial charge in [-0.2, -0.15) is 0 Å². The lowest BCUT2D eigenvalue weighted by atomic mass is 9.92. The number of ketones is 1. The number of carbonyl (C=O) groups is 3. The SMILES string of the molecule is CC(C)(C)OC(=O)CCCN1CCC(O)(C(=O)CCc2cc(F)cc(Cl)c2)C1=O. The Morgan fingerprint density at radius 3 is 2.59 bits per heavy atom. The number of rotatable bonds is 8. The van der Waals surface area contributed by atoms with Crippen LogP contribution in [-0.4, -0.2) is 52.0 Å². The zero-order valence-corrected chi connectivity index (χ0v) is 17.7. The number of Topliss-reactive ketones (excluding diaryl/α,β-unsaturated/α-hetero) is 1. The lowest BCUT2D eigenvalue weighted by Crippen LogP contribution is -2.47. The highest BCUT2D eigenvalue weighted by atomic mass is 35.5.